The van der Waals surface area contributed by atoms with Crippen LogP contribution in [0.4, 0.5) is 10.6 Å². The highest BCUT2D eigenvalue weighted by Crippen LogP contribution is 2.39. The predicted octanol–water partition coefficient (Wildman–Crippen LogP) is 3.87. The highest BCUT2D eigenvalue weighted by molar-refractivity contribution is 6.37. The summed E-state index contributed by atoms with van der Waals surface area (Å²) in [6.45, 7) is 2.10. The summed E-state index contributed by atoms with van der Waals surface area (Å²) in [7, 11) is 0. The summed E-state index contributed by atoms with van der Waals surface area (Å²) in [5, 5.41) is 6.21. The molecule has 0 aliphatic heterocycles. The number of carbonyl (C=O) groups excluding carboxylic acids is 1. The molecule has 1 aliphatic carbocycles. The molecule has 2 aromatic heterocycles. The molecule has 0 radical (unpaired) electrons. The summed E-state index contributed by atoms with van der Waals surface area (Å²) in [6.07, 6.45) is 4.04. The zero-order chi connectivity index (χ0) is 25.1. The minimum atomic E-state index is -0.901. The van der Waals surface area contributed by atoms with Crippen LogP contribution in [-0.4, -0.2) is 32.0 Å². The SMILES string of the molecule is CCCCOC(=O)Nc1nn(-c2cc(Cl)c(Oc3ccc(=O)n(C4CC4)c3)c(Cl)c2)c(=O)[nH]c1=O. The van der Waals surface area contributed by atoms with Gasteiger partial charge in [-0.25, -0.2) is 9.59 Å². The van der Waals surface area contributed by atoms with E-state index in [0.717, 1.165) is 23.9 Å². The molecule has 1 aliphatic rings. The molecule has 1 saturated carbocycles. The summed E-state index contributed by atoms with van der Waals surface area (Å²) >= 11 is 12.8. The molecular formula is C22H21Cl2N5O6. The highest BCUT2D eigenvalue weighted by atomic mass is 35.5. The van der Waals surface area contributed by atoms with Gasteiger partial charge in [0.1, 0.15) is 5.75 Å². The number of ether oxygens (including phenoxy) is 2. The molecule has 0 spiro atoms. The quantitative estimate of drug-likeness (QED) is 0.429. The Bertz CT molecular complexity index is 1420. The first kappa shape index (κ1) is 24.6. The van der Waals surface area contributed by atoms with Crippen LogP contribution in [0.25, 0.3) is 5.69 Å². The van der Waals surface area contributed by atoms with Gasteiger partial charge in [0.25, 0.3) is 11.1 Å². The van der Waals surface area contributed by atoms with E-state index in [4.69, 9.17) is 32.7 Å². The number of nitrogens with one attached hydrogen (secondary N) is 2. The molecule has 0 saturated heterocycles. The second kappa shape index (κ2) is 10.4. The molecule has 2 heterocycles. The second-order valence-corrected chi connectivity index (χ2v) is 8.63. The van der Waals surface area contributed by atoms with Gasteiger partial charge in [-0.2, -0.15) is 4.68 Å². The maximum Gasteiger partial charge on any atom is 0.413 e. The summed E-state index contributed by atoms with van der Waals surface area (Å²) in [5.41, 5.74) is -1.80. The first-order valence-electron chi connectivity index (χ1n) is 10.8. The van der Waals surface area contributed by atoms with Crippen LogP contribution < -0.4 is 26.9 Å². The van der Waals surface area contributed by atoms with Crippen molar-refractivity contribution in [1.82, 2.24) is 19.3 Å². The monoisotopic (exact) mass is 521 g/mol. The number of rotatable bonds is 8. The molecular weight excluding hydrogens is 501 g/mol. The van der Waals surface area contributed by atoms with Crippen LogP contribution in [0.1, 0.15) is 38.6 Å². The molecule has 35 heavy (non-hydrogen) atoms. The lowest BCUT2D eigenvalue weighted by Crippen LogP contribution is -2.34. The number of aromatic nitrogens is 4. The third kappa shape index (κ3) is 5.75. The number of H-pyrrole nitrogens is 1. The maximum atomic E-state index is 12.4. The molecule has 2 N–H and O–H groups in total. The Morgan fingerprint density at radius 2 is 1.91 bits per heavy atom. The van der Waals surface area contributed by atoms with Crippen molar-refractivity contribution in [1.29, 1.82) is 0 Å². The van der Waals surface area contributed by atoms with Crippen molar-refractivity contribution in [2.75, 3.05) is 11.9 Å². The summed E-state index contributed by atoms with van der Waals surface area (Å²) in [4.78, 5) is 50.4. The average molecular weight is 522 g/mol. The van der Waals surface area contributed by atoms with Crippen LogP contribution in [0.5, 0.6) is 11.5 Å². The van der Waals surface area contributed by atoms with Gasteiger partial charge in [0.05, 0.1) is 28.5 Å². The number of anilines is 1. The summed E-state index contributed by atoms with van der Waals surface area (Å²) in [5.74, 6) is 0.0230. The van der Waals surface area contributed by atoms with E-state index < -0.39 is 23.2 Å². The molecule has 11 nitrogen and oxygen atoms in total. The number of aromatic amines is 1. The van der Waals surface area contributed by atoms with Gasteiger partial charge in [0, 0.05) is 12.1 Å². The van der Waals surface area contributed by atoms with E-state index in [1.54, 1.807) is 10.8 Å². The van der Waals surface area contributed by atoms with Crippen LogP contribution in [0.15, 0.2) is 44.8 Å². The smallest absolute Gasteiger partial charge is 0.413 e. The number of hydrogen-bond acceptors (Lipinski definition) is 7. The van der Waals surface area contributed by atoms with Crippen LogP contribution >= 0.6 is 23.2 Å². The molecule has 3 aromatic rings. The molecule has 1 amide bonds. The number of amides is 1. The van der Waals surface area contributed by atoms with Crippen molar-refractivity contribution in [3.63, 3.8) is 0 Å². The second-order valence-electron chi connectivity index (χ2n) is 7.82. The number of unbranched alkanes of at least 4 members (excludes halogenated alkanes) is 1. The van der Waals surface area contributed by atoms with Gasteiger partial charge in [0.15, 0.2) is 5.75 Å². The number of pyridine rings is 1. The highest BCUT2D eigenvalue weighted by Gasteiger charge is 2.25. The third-order valence-corrected chi connectivity index (χ3v) is 5.64. The number of halogens is 2. The topological polar surface area (TPSA) is 137 Å². The summed E-state index contributed by atoms with van der Waals surface area (Å²) < 4.78 is 13.2. The van der Waals surface area contributed by atoms with Crippen molar-refractivity contribution in [3.05, 3.63) is 71.7 Å². The fraction of sp³-hybridized carbons (Fsp3) is 0.318. The van der Waals surface area contributed by atoms with Crippen LogP contribution in [0.2, 0.25) is 10.0 Å². The molecule has 1 fully saturated rings. The van der Waals surface area contributed by atoms with Gasteiger partial charge < -0.3 is 14.0 Å². The number of carbonyl (C=O) groups is 1. The van der Waals surface area contributed by atoms with Gasteiger partial charge in [0.2, 0.25) is 5.82 Å². The molecule has 13 heteroatoms. The number of nitrogens with zero attached hydrogens (tertiary/aromatic N) is 3. The van der Waals surface area contributed by atoms with Gasteiger partial charge in [-0.1, -0.05) is 36.5 Å². The fourth-order valence-electron chi connectivity index (χ4n) is 3.16. The van der Waals surface area contributed by atoms with Gasteiger partial charge in [-0.05, 0) is 37.5 Å². The van der Waals surface area contributed by atoms with Crippen molar-refractivity contribution in [3.8, 4) is 17.2 Å². The third-order valence-electron chi connectivity index (χ3n) is 5.08. The molecule has 1 aromatic carbocycles. The maximum absolute atomic E-state index is 12.4. The van der Waals surface area contributed by atoms with Crippen molar-refractivity contribution in [2.24, 2.45) is 0 Å². The molecule has 0 bridgehead atoms. The van der Waals surface area contributed by atoms with Gasteiger partial charge in [-0.3, -0.25) is 19.9 Å². The minimum absolute atomic E-state index is 0.0463. The number of benzene rings is 1. The Kier molecular flexibility index (Phi) is 7.27. The van der Waals surface area contributed by atoms with E-state index in [2.05, 4.69) is 15.4 Å². The van der Waals surface area contributed by atoms with E-state index in [-0.39, 0.29) is 39.7 Å². The van der Waals surface area contributed by atoms with E-state index in [0.29, 0.717) is 12.2 Å². The lowest BCUT2D eigenvalue weighted by molar-refractivity contribution is 0.159. The Balaban J connectivity index is 1.61. The summed E-state index contributed by atoms with van der Waals surface area (Å²) in [6, 6.07) is 5.78. The van der Waals surface area contributed by atoms with Crippen molar-refractivity contribution in [2.45, 2.75) is 38.6 Å². The predicted molar refractivity (Wildman–Crippen MR) is 129 cm³/mol. The van der Waals surface area contributed by atoms with Crippen LogP contribution in [0.3, 0.4) is 0 Å². The Hall–Kier alpha value is -3.57. The first-order chi connectivity index (χ1) is 16.8. The minimum Gasteiger partial charge on any atom is -0.453 e. The average Bonchev–Trinajstić information content (AvgIpc) is 3.64. The van der Waals surface area contributed by atoms with Gasteiger partial charge >= 0.3 is 11.8 Å². The fourth-order valence-corrected chi connectivity index (χ4v) is 3.72. The molecule has 0 unspecified atom stereocenters. The Morgan fingerprint density at radius 1 is 1.20 bits per heavy atom. The lowest BCUT2D eigenvalue weighted by Gasteiger charge is -2.13. The lowest BCUT2D eigenvalue weighted by atomic mass is 10.3. The van der Waals surface area contributed by atoms with E-state index >= 15 is 0 Å². The zero-order valence-electron chi connectivity index (χ0n) is 18.5. The largest absolute Gasteiger partial charge is 0.453 e. The zero-order valence-corrected chi connectivity index (χ0v) is 20.1. The number of hydrogen-bond donors (Lipinski definition) is 2. The standard InChI is InChI=1S/C22H21Cl2N5O6/c1-2-3-8-34-22(33)25-19-20(31)26-21(32)29(27-19)13-9-15(23)18(16(24)10-13)35-14-6-7-17(30)28(11-14)12-4-5-12/h6-7,9-12H,2-5,8H2,1H3,(H,25,27,33)(H,26,31,32). The Morgan fingerprint density at radius 3 is 2.57 bits per heavy atom. The first-order valence-corrected chi connectivity index (χ1v) is 11.6. The van der Waals surface area contributed by atoms with Crippen LogP contribution in [0, 0.1) is 0 Å². The van der Waals surface area contributed by atoms with Crippen LogP contribution in [-0.2, 0) is 4.74 Å². The van der Waals surface area contributed by atoms with E-state index in [1.807, 2.05) is 6.92 Å². The van der Waals surface area contributed by atoms with E-state index in [9.17, 15) is 19.2 Å². The molecule has 0 atom stereocenters. The molecule has 4 rings (SSSR count). The molecule has 184 valence electrons. The van der Waals surface area contributed by atoms with Crippen molar-refractivity contribution < 1.29 is 14.3 Å². The van der Waals surface area contributed by atoms with Gasteiger partial charge in [-0.15, -0.1) is 5.10 Å². The Labute approximate surface area is 208 Å². The normalized spacial score (nSPS) is 12.9. The van der Waals surface area contributed by atoms with Crippen molar-refractivity contribution >= 4 is 35.1 Å². The van der Waals surface area contributed by atoms with E-state index in [1.165, 1.54) is 24.3 Å².